The maximum atomic E-state index is 11.6. The number of aromatic nitrogens is 2. The van der Waals surface area contributed by atoms with Crippen LogP contribution in [0.25, 0.3) is 0 Å². The molecule has 0 aliphatic heterocycles. The molecule has 0 aliphatic rings. The van der Waals surface area contributed by atoms with E-state index >= 15 is 0 Å². The molecule has 5 nitrogen and oxygen atoms in total. The summed E-state index contributed by atoms with van der Waals surface area (Å²) in [6.45, 7) is 10.6. The Morgan fingerprint density at radius 2 is 2.05 bits per heavy atom. The number of nitrogens with zero attached hydrogens (tertiary/aromatic N) is 3. The molecule has 0 unspecified atom stereocenters. The van der Waals surface area contributed by atoms with Gasteiger partial charge < -0.3 is 4.74 Å². The second-order valence-electron chi connectivity index (χ2n) is 5.27. The van der Waals surface area contributed by atoms with E-state index in [1.54, 1.807) is 0 Å². The minimum atomic E-state index is -0.162. The van der Waals surface area contributed by atoms with Crippen LogP contribution >= 0.6 is 0 Å². The Bertz CT molecular complexity index is 413. The molecule has 1 rings (SSSR count). The summed E-state index contributed by atoms with van der Waals surface area (Å²) in [5.74, 6) is -0.162. The molecule has 1 aromatic rings. The van der Waals surface area contributed by atoms with Gasteiger partial charge in [-0.3, -0.25) is 14.4 Å². The first-order valence-electron chi connectivity index (χ1n) is 8.06. The number of ether oxygens (including phenoxy) is 1. The molecular formula is C16H29N3O2. The highest BCUT2D eigenvalue weighted by Crippen LogP contribution is 2.15. The van der Waals surface area contributed by atoms with Gasteiger partial charge in [-0.2, -0.15) is 5.10 Å². The van der Waals surface area contributed by atoms with Crippen LogP contribution < -0.4 is 0 Å². The fraction of sp³-hybridized carbons (Fsp3) is 0.750. The minimum Gasteiger partial charge on any atom is -0.465 e. The van der Waals surface area contributed by atoms with E-state index in [-0.39, 0.29) is 5.97 Å². The number of rotatable bonds is 10. The summed E-state index contributed by atoms with van der Waals surface area (Å²) >= 11 is 0. The third kappa shape index (κ3) is 5.87. The van der Waals surface area contributed by atoms with E-state index < -0.39 is 0 Å². The van der Waals surface area contributed by atoms with E-state index in [0.29, 0.717) is 25.7 Å². The van der Waals surface area contributed by atoms with Crippen LogP contribution in [-0.2, 0) is 16.1 Å². The lowest BCUT2D eigenvalue weighted by Crippen LogP contribution is -2.31. The second-order valence-corrected chi connectivity index (χ2v) is 5.27. The lowest BCUT2D eigenvalue weighted by atomic mass is 10.2. The van der Waals surface area contributed by atoms with Crippen LogP contribution in [0.5, 0.6) is 0 Å². The summed E-state index contributed by atoms with van der Waals surface area (Å²) in [6.07, 6.45) is 5.21. The predicted octanol–water partition coefficient (Wildman–Crippen LogP) is 3.02. The maximum Gasteiger partial charge on any atom is 0.320 e. The van der Waals surface area contributed by atoms with E-state index in [4.69, 9.17) is 4.74 Å². The van der Waals surface area contributed by atoms with Crippen molar-refractivity contribution in [3.05, 3.63) is 18.0 Å². The van der Waals surface area contributed by atoms with Crippen molar-refractivity contribution in [2.75, 3.05) is 19.7 Å². The number of esters is 1. The monoisotopic (exact) mass is 295 g/mol. The van der Waals surface area contributed by atoms with Crippen LogP contribution in [0.2, 0.25) is 0 Å². The summed E-state index contributed by atoms with van der Waals surface area (Å²) in [4.78, 5) is 13.7. The van der Waals surface area contributed by atoms with Gasteiger partial charge in [0, 0.05) is 12.7 Å². The molecule has 1 heterocycles. The smallest absolute Gasteiger partial charge is 0.320 e. The number of hydrogen-bond acceptors (Lipinski definition) is 4. The average Bonchev–Trinajstić information content (AvgIpc) is 2.89. The zero-order valence-electron chi connectivity index (χ0n) is 13.8. The fourth-order valence-corrected chi connectivity index (χ4v) is 2.48. The Morgan fingerprint density at radius 1 is 1.33 bits per heavy atom. The maximum absolute atomic E-state index is 11.6. The molecule has 0 fully saturated rings. The van der Waals surface area contributed by atoms with Crippen molar-refractivity contribution in [1.82, 2.24) is 14.7 Å². The Kier molecular flexibility index (Phi) is 8.05. The first-order valence-corrected chi connectivity index (χ1v) is 8.06. The van der Waals surface area contributed by atoms with Crippen LogP contribution in [0.4, 0.5) is 0 Å². The second kappa shape index (κ2) is 9.55. The molecule has 0 radical (unpaired) electrons. The molecule has 120 valence electrons. The van der Waals surface area contributed by atoms with Gasteiger partial charge in [-0.25, -0.2) is 0 Å². The van der Waals surface area contributed by atoms with E-state index in [0.717, 1.165) is 31.5 Å². The van der Waals surface area contributed by atoms with Crippen molar-refractivity contribution in [1.29, 1.82) is 0 Å². The molecule has 0 N–H and O–H groups in total. The largest absolute Gasteiger partial charge is 0.465 e. The van der Waals surface area contributed by atoms with Gasteiger partial charge >= 0.3 is 5.97 Å². The fourth-order valence-electron chi connectivity index (χ4n) is 2.48. The Labute approximate surface area is 128 Å². The van der Waals surface area contributed by atoms with Gasteiger partial charge in [0.25, 0.3) is 0 Å². The molecule has 5 heteroatoms. The highest BCUT2D eigenvalue weighted by molar-refractivity contribution is 5.71. The SMILES string of the molecule is CCCN(CC(=O)OCC)Cc1ccn(C(CC)CC)n1. The summed E-state index contributed by atoms with van der Waals surface area (Å²) in [7, 11) is 0. The summed E-state index contributed by atoms with van der Waals surface area (Å²) < 4.78 is 7.07. The lowest BCUT2D eigenvalue weighted by molar-refractivity contribution is -0.144. The van der Waals surface area contributed by atoms with Crippen LogP contribution in [0, 0.1) is 0 Å². The minimum absolute atomic E-state index is 0.162. The van der Waals surface area contributed by atoms with Crippen molar-refractivity contribution in [2.45, 2.75) is 59.5 Å². The molecule has 0 saturated heterocycles. The summed E-state index contributed by atoms with van der Waals surface area (Å²) in [5.41, 5.74) is 1.01. The van der Waals surface area contributed by atoms with E-state index in [1.165, 1.54) is 0 Å². The van der Waals surface area contributed by atoms with E-state index in [2.05, 4.69) is 30.8 Å². The zero-order chi connectivity index (χ0) is 15.7. The van der Waals surface area contributed by atoms with Crippen LogP contribution in [0.3, 0.4) is 0 Å². The third-order valence-corrected chi connectivity index (χ3v) is 3.56. The Hall–Kier alpha value is -1.36. The molecule has 0 spiro atoms. The van der Waals surface area contributed by atoms with Crippen molar-refractivity contribution in [3.8, 4) is 0 Å². The number of hydrogen-bond donors (Lipinski definition) is 0. The van der Waals surface area contributed by atoms with Crippen LogP contribution in [-0.4, -0.2) is 40.3 Å². The van der Waals surface area contributed by atoms with Gasteiger partial charge in [-0.1, -0.05) is 20.8 Å². The van der Waals surface area contributed by atoms with E-state index in [9.17, 15) is 4.79 Å². The van der Waals surface area contributed by atoms with Crippen molar-refractivity contribution < 1.29 is 9.53 Å². The average molecular weight is 295 g/mol. The normalized spacial score (nSPS) is 11.3. The van der Waals surface area contributed by atoms with Gasteiger partial charge in [0.2, 0.25) is 0 Å². The molecular weight excluding hydrogens is 266 g/mol. The molecule has 0 bridgehead atoms. The van der Waals surface area contributed by atoms with Crippen molar-refractivity contribution >= 4 is 5.97 Å². The molecule has 0 atom stereocenters. The highest BCUT2D eigenvalue weighted by Gasteiger charge is 2.14. The Morgan fingerprint density at radius 3 is 2.62 bits per heavy atom. The quantitative estimate of drug-likeness (QED) is 0.623. The molecule has 0 amide bonds. The first kappa shape index (κ1) is 17.7. The van der Waals surface area contributed by atoms with Gasteiger partial charge in [-0.05, 0) is 38.8 Å². The highest BCUT2D eigenvalue weighted by atomic mass is 16.5. The molecule has 0 aromatic carbocycles. The molecule has 21 heavy (non-hydrogen) atoms. The van der Waals surface area contributed by atoms with Crippen molar-refractivity contribution in [2.24, 2.45) is 0 Å². The first-order chi connectivity index (χ1) is 10.1. The van der Waals surface area contributed by atoms with Crippen LogP contribution in [0.1, 0.15) is 58.7 Å². The predicted molar refractivity (Wildman–Crippen MR) is 84.0 cm³/mol. The van der Waals surface area contributed by atoms with Gasteiger partial charge in [0.1, 0.15) is 0 Å². The van der Waals surface area contributed by atoms with Gasteiger partial charge in [0.15, 0.2) is 0 Å². The van der Waals surface area contributed by atoms with Crippen LogP contribution in [0.15, 0.2) is 12.3 Å². The van der Waals surface area contributed by atoms with Gasteiger partial charge in [0.05, 0.1) is 24.9 Å². The standard InChI is InChI=1S/C16H29N3O2/c1-5-10-18(13-16(20)21-8-4)12-14-9-11-19(17-14)15(6-2)7-3/h9,11,15H,5-8,10,12-13H2,1-4H3. The summed E-state index contributed by atoms with van der Waals surface area (Å²) in [6, 6.07) is 2.51. The molecule has 0 saturated carbocycles. The summed E-state index contributed by atoms with van der Waals surface area (Å²) in [5, 5.41) is 4.65. The molecule has 1 aromatic heterocycles. The zero-order valence-corrected chi connectivity index (χ0v) is 13.8. The van der Waals surface area contributed by atoms with Gasteiger partial charge in [-0.15, -0.1) is 0 Å². The van der Waals surface area contributed by atoms with E-state index in [1.807, 2.05) is 23.9 Å². The molecule has 0 aliphatic carbocycles. The third-order valence-electron chi connectivity index (χ3n) is 3.56. The number of carbonyl (C=O) groups excluding carboxylic acids is 1. The lowest BCUT2D eigenvalue weighted by Gasteiger charge is -2.19. The van der Waals surface area contributed by atoms with Crippen molar-refractivity contribution in [3.63, 3.8) is 0 Å². The number of carbonyl (C=O) groups is 1. The Balaban J connectivity index is 2.64. The topological polar surface area (TPSA) is 47.4 Å².